The maximum Gasteiger partial charge on any atom is 0.288 e. The van der Waals surface area contributed by atoms with Crippen molar-refractivity contribution >= 4 is 11.8 Å². The van der Waals surface area contributed by atoms with Crippen LogP contribution in [0, 0.1) is 0 Å². The van der Waals surface area contributed by atoms with E-state index in [1.807, 2.05) is 0 Å². The summed E-state index contributed by atoms with van der Waals surface area (Å²) in [5, 5.41) is 0. The Balaban J connectivity index is 2.15. The number of nitrogens with zero attached hydrogens (tertiary/aromatic N) is 2. The van der Waals surface area contributed by atoms with Gasteiger partial charge >= 0.3 is 0 Å². The Bertz CT molecular complexity index is 519. The van der Waals surface area contributed by atoms with Gasteiger partial charge in [0.15, 0.2) is 0 Å². The largest absolute Gasteiger partial charge is 0.373 e. The highest BCUT2D eigenvalue weighted by Crippen LogP contribution is 2.20. The van der Waals surface area contributed by atoms with Gasteiger partial charge in [-0.1, -0.05) is 0 Å². The number of nitrogens with two attached hydrogens (primary N) is 1. The van der Waals surface area contributed by atoms with Crippen molar-refractivity contribution in [3.05, 3.63) is 29.6 Å². The van der Waals surface area contributed by atoms with Gasteiger partial charge < -0.3 is 15.4 Å². The van der Waals surface area contributed by atoms with Gasteiger partial charge in [-0.15, -0.1) is 0 Å². The lowest BCUT2D eigenvalue weighted by Gasteiger charge is -2.23. The number of alkyl halides is 2. The molecule has 108 valence electrons. The van der Waals surface area contributed by atoms with Gasteiger partial charge in [-0.25, -0.2) is 8.78 Å². The zero-order chi connectivity index (χ0) is 14.8. The molecule has 2 N–H and O–H groups in total. The Labute approximate surface area is 113 Å². The molecule has 0 aromatic carbocycles. The van der Waals surface area contributed by atoms with E-state index in [1.54, 1.807) is 0 Å². The third kappa shape index (κ3) is 3.27. The Morgan fingerprint density at radius 3 is 2.75 bits per heavy atom. The van der Waals surface area contributed by atoms with Gasteiger partial charge in [0.05, 0.1) is 18.7 Å². The second-order valence-electron chi connectivity index (χ2n) is 4.43. The molecule has 0 spiro atoms. The van der Waals surface area contributed by atoms with Gasteiger partial charge in [0.25, 0.3) is 17.7 Å². The van der Waals surface area contributed by atoms with Crippen molar-refractivity contribution in [3.8, 4) is 0 Å². The van der Waals surface area contributed by atoms with Gasteiger partial charge in [0.2, 0.25) is 0 Å². The molecule has 1 saturated heterocycles. The summed E-state index contributed by atoms with van der Waals surface area (Å²) < 4.78 is 31.5. The SMILES string of the molecule is NC(=O)c1ccc(C(=O)N2CCOCC(F)(F)C2)cn1. The highest BCUT2D eigenvalue weighted by molar-refractivity contribution is 5.95. The number of pyridine rings is 1. The standard InChI is InChI=1S/C12H13F2N3O3/c13-12(14)6-17(3-4-20-7-12)11(19)8-1-2-9(10(15)18)16-5-8/h1-2,5H,3-4,6-7H2,(H2,15,18). The van der Waals surface area contributed by atoms with Crippen LogP contribution >= 0.6 is 0 Å². The first-order valence-corrected chi connectivity index (χ1v) is 5.90. The van der Waals surface area contributed by atoms with E-state index >= 15 is 0 Å². The molecular formula is C12H13F2N3O3. The zero-order valence-corrected chi connectivity index (χ0v) is 10.5. The van der Waals surface area contributed by atoms with Crippen LogP contribution in [0.15, 0.2) is 18.3 Å². The van der Waals surface area contributed by atoms with Crippen molar-refractivity contribution in [1.82, 2.24) is 9.88 Å². The summed E-state index contributed by atoms with van der Waals surface area (Å²) in [5.41, 5.74) is 5.15. The first kappa shape index (κ1) is 14.3. The molecule has 2 amide bonds. The molecule has 1 aromatic heterocycles. The van der Waals surface area contributed by atoms with Gasteiger partial charge in [-0.05, 0) is 12.1 Å². The molecular weight excluding hydrogens is 272 g/mol. The van der Waals surface area contributed by atoms with E-state index in [9.17, 15) is 18.4 Å². The van der Waals surface area contributed by atoms with Crippen molar-refractivity contribution in [3.63, 3.8) is 0 Å². The molecule has 1 aromatic rings. The number of hydrogen-bond donors (Lipinski definition) is 1. The monoisotopic (exact) mass is 285 g/mol. The van der Waals surface area contributed by atoms with Crippen molar-refractivity contribution < 1.29 is 23.1 Å². The van der Waals surface area contributed by atoms with Crippen LogP contribution < -0.4 is 5.73 Å². The third-order valence-corrected chi connectivity index (χ3v) is 2.79. The van der Waals surface area contributed by atoms with Gasteiger partial charge in [0, 0.05) is 12.7 Å². The Kier molecular flexibility index (Phi) is 3.93. The topological polar surface area (TPSA) is 85.5 Å². The maximum absolute atomic E-state index is 13.4. The molecule has 1 aliphatic heterocycles. The fraction of sp³-hybridized carbons (Fsp3) is 0.417. The molecule has 0 bridgehead atoms. The first-order valence-electron chi connectivity index (χ1n) is 5.90. The van der Waals surface area contributed by atoms with Crippen LogP contribution in [0.2, 0.25) is 0 Å². The molecule has 1 fully saturated rings. The number of hydrogen-bond acceptors (Lipinski definition) is 4. The van der Waals surface area contributed by atoms with Crippen LogP contribution in [-0.2, 0) is 4.74 Å². The fourth-order valence-electron chi connectivity index (χ4n) is 1.82. The summed E-state index contributed by atoms with van der Waals surface area (Å²) in [7, 11) is 0. The number of halogens is 2. The predicted octanol–water partition coefficient (Wildman–Crippen LogP) is 0.288. The second-order valence-corrected chi connectivity index (χ2v) is 4.43. The summed E-state index contributed by atoms with van der Waals surface area (Å²) >= 11 is 0. The molecule has 20 heavy (non-hydrogen) atoms. The summed E-state index contributed by atoms with van der Waals surface area (Å²) in [6.45, 7) is -1.28. The molecule has 6 nitrogen and oxygen atoms in total. The average Bonchev–Trinajstić information content (AvgIpc) is 2.59. The van der Waals surface area contributed by atoms with Crippen LogP contribution in [0.3, 0.4) is 0 Å². The van der Waals surface area contributed by atoms with E-state index < -0.39 is 30.9 Å². The van der Waals surface area contributed by atoms with E-state index in [0.717, 1.165) is 11.1 Å². The summed E-state index contributed by atoms with van der Waals surface area (Å²) in [6.07, 6.45) is 1.15. The minimum absolute atomic E-state index is 0.00563. The van der Waals surface area contributed by atoms with Crippen LogP contribution in [0.5, 0.6) is 0 Å². The van der Waals surface area contributed by atoms with Crippen molar-refractivity contribution in [2.45, 2.75) is 5.92 Å². The van der Waals surface area contributed by atoms with Crippen LogP contribution in [-0.4, -0.2) is 53.9 Å². The number of amides is 2. The fourth-order valence-corrected chi connectivity index (χ4v) is 1.82. The highest BCUT2D eigenvalue weighted by Gasteiger charge is 2.36. The van der Waals surface area contributed by atoms with E-state index in [-0.39, 0.29) is 24.4 Å². The van der Waals surface area contributed by atoms with Crippen molar-refractivity contribution in [2.24, 2.45) is 5.73 Å². The molecule has 1 aliphatic rings. The number of ether oxygens (including phenoxy) is 1. The third-order valence-electron chi connectivity index (χ3n) is 2.79. The Hall–Kier alpha value is -2.09. The van der Waals surface area contributed by atoms with Crippen molar-refractivity contribution in [1.29, 1.82) is 0 Å². The molecule has 0 radical (unpaired) electrons. The number of carbonyl (C=O) groups excluding carboxylic acids is 2. The molecule has 0 unspecified atom stereocenters. The minimum atomic E-state index is -3.08. The van der Waals surface area contributed by atoms with Crippen LogP contribution in [0.25, 0.3) is 0 Å². The van der Waals surface area contributed by atoms with Gasteiger partial charge in [0.1, 0.15) is 12.3 Å². The van der Waals surface area contributed by atoms with E-state index in [0.29, 0.717) is 0 Å². The molecule has 0 saturated carbocycles. The normalized spacial score (nSPS) is 18.4. The second kappa shape index (κ2) is 5.49. The average molecular weight is 285 g/mol. The van der Waals surface area contributed by atoms with Crippen molar-refractivity contribution in [2.75, 3.05) is 26.3 Å². The number of carbonyl (C=O) groups is 2. The molecule has 2 rings (SSSR count). The van der Waals surface area contributed by atoms with Crippen LogP contribution in [0.4, 0.5) is 8.78 Å². The molecule has 8 heteroatoms. The molecule has 0 atom stereocenters. The number of rotatable bonds is 2. The van der Waals surface area contributed by atoms with E-state index in [1.165, 1.54) is 12.1 Å². The first-order chi connectivity index (χ1) is 9.39. The number of aromatic nitrogens is 1. The van der Waals surface area contributed by atoms with Gasteiger partial charge in [-0.2, -0.15) is 0 Å². The lowest BCUT2D eigenvalue weighted by atomic mass is 10.2. The predicted molar refractivity (Wildman–Crippen MR) is 64.4 cm³/mol. The minimum Gasteiger partial charge on any atom is -0.373 e. The zero-order valence-electron chi connectivity index (χ0n) is 10.5. The highest BCUT2D eigenvalue weighted by atomic mass is 19.3. The quantitative estimate of drug-likeness (QED) is 0.846. The smallest absolute Gasteiger partial charge is 0.288 e. The Morgan fingerprint density at radius 2 is 2.15 bits per heavy atom. The summed E-state index contributed by atoms with van der Waals surface area (Å²) in [5.74, 6) is -4.38. The van der Waals surface area contributed by atoms with Gasteiger partial charge in [-0.3, -0.25) is 14.6 Å². The summed E-state index contributed by atoms with van der Waals surface area (Å²) in [4.78, 5) is 27.7. The maximum atomic E-state index is 13.4. The lowest BCUT2D eigenvalue weighted by molar-refractivity contribution is -0.0660. The number of primary amides is 1. The molecule has 0 aliphatic carbocycles. The molecule has 2 heterocycles. The lowest BCUT2D eigenvalue weighted by Crippen LogP contribution is -2.41. The van der Waals surface area contributed by atoms with E-state index in [4.69, 9.17) is 10.5 Å². The summed E-state index contributed by atoms with van der Waals surface area (Å²) in [6, 6.07) is 2.61. The van der Waals surface area contributed by atoms with Crippen LogP contribution in [0.1, 0.15) is 20.8 Å². The Morgan fingerprint density at radius 1 is 1.40 bits per heavy atom. The van der Waals surface area contributed by atoms with E-state index in [2.05, 4.69) is 4.98 Å².